The van der Waals surface area contributed by atoms with E-state index >= 15 is 0 Å². The van der Waals surface area contributed by atoms with E-state index in [-0.39, 0.29) is 75.5 Å². The number of ether oxygens (including phenoxy) is 3. The molecular weight excluding hydrogens is 859 g/mol. The molecule has 64 heavy (non-hydrogen) atoms. The molecule has 4 rings (SSSR count). The number of rotatable bonds is 26. The number of carboxylic acid groups (broad SMARTS) is 1. The fourth-order valence-electron chi connectivity index (χ4n) is 5.58. The number of imide groups is 1. The van der Waals surface area contributed by atoms with Crippen molar-refractivity contribution < 1.29 is 61.3 Å². The summed E-state index contributed by atoms with van der Waals surface area (Å²) in [5, 5.41) is 27.9. The van der Waals surface area contributed by atoms with Crippen molar-refractivity contribution in [1.29, 1.82) is 0 Å². The Morgan fingerprint density at radius 1 is 0.641 bits per heavy atom. The van der Waals surface area contributed by atoms with Crippen LogP contribution in [-0.2, 0) is 43.4 Å². The Morgan fingerprint density at radius 2 is 1.17 bits per heavy atom. The first-order valence-corrected chi connectivity index (χ1v) is 21.5. The summed E-state index contributed by atoms with van der Waals surface area (Å²) in [5.41, 5.74) is 1.41. The Labute approximate surface area is 368 Å². The van der Waals surface area contributed by atoms with Crippen LogP contribution in [0.15, 0.2) is 89.8 Å². The van der Waals surface area contributed by atoms with Gasteiger partial charge in [0.25, 0.3) is 21.8 Å². The summed E-state index contributed by atoms with van der Waals surface area (Å²) in [5.74, 6) is -2.76. The maximum atomic E-state index is 13.2. The monoisotopic (exact) mass is 909 g/mol. The molecular formula is C41H51N9O13S. The third-order valence-electron chi connectivity index (χ3n) is 8.61. The average Bonchev–Trinajstić information content (AvgIpc) is 3.57. The highest BCUT2D eigenvalue weighted by Gasteiger charge is 2.25. The normalized spacial score (nSPS) is 12.5. The van der Waals surface area contributed by atoms with E-state index in [4.69, 9.17) is 14.2 Å². The van der Waals surface area contributed by atoms with Crippen LogP contribution in [0.2, 0.25) is 0 Å². The second-order valence-corrected chi connectivity index (χ2v) is 15.3. The Balaban J connectivity index is 1.11. The van der Waals surface area contributed by atoms with E-state index in [1.54, 1.807) is 18.2 Å². The lowest BCUT2D eigenvalue weighted by Gasteiger charge is -2.19. The van der Waals surface area contributed by atoms with Crippen LogP contribution in [-0.4, -0.2) is 126 Å². The van der Waals surface area contributed by atoms with Gasteiger partial charge in [-0.15, -0.1) is 0 Å². The fraction of sp³-hybridized carbons (Fsp3) is 0.341. The van der Waals surface area contributed by atoms with Crippen molar-refractivity contribution in [3.05, 3.63) is 90.5 Å². The molecule has 1 heterocycles. The van der Waals surface area contributed by atoms with Crippen LogP contribution >= 0.6 is 0 Å². The van der Waals surface area contributed by atoms with Crippen LogP contribution in [0.4, 0.5) is 37.1 Å². The third kappa shape index (κ3) is 17.7. The Bertz CT molecular complexity index is 2220. The van der Waals surface area contributed by atoms with Crippen molar-refractivity contribution in [1.82, 2.24) is 26.2 Å². The standard InChI is InChI=1S/C41H51N9O13S/c1-2-15-43-39(56)47-31-6-4-8-33(25-31)64(59,60)49-32-7-3-5-28(24-32)34(26-38(54)55)48-41(58)46-30-11-9-29(10-12-30)45-40(57)44-17-19-62-21-23-63-22-20-61-18-16-42-35(51)27-50-36(52)13-14-37(50)53/h3-14,24-25,34,49H,2,15-23,26-27H2,1H3,(H,42,51)(H,54,55)(H2,43,47,56)(H2,44,45,57)(H2,46,48,58)/t34-/m1/s1. The van der Waals surface area contributed by atoms with Crippen LogP contribution in [0.5, 0.6) is 0 Å². The Hall–Kier alpha value is -7.08. The predicted octanol–water partition coefficient (Wildman–Crippen LogP) is 2.57. The van der Waals surface area contributed by atoms with Gasteiger partial charge >= 0.3 is 24.1 Å². The zero-order chi connectivity index (χ0) is 46.3. The van der Waals surface area contributed by atoms with Crippen LogP contribution in [0.1, 0.15) is 31.4 Å². The molecule has 3 aromatic carbocycles. The van der Waals surface area contributed by atoms with Crippen LogP contribution < -0.4 is 41.9 Å². The van der Waals surface area contributed by atoms with E-state index in [0.717, 1.165) is 23.5 Å². The van der Waals surface area contributed by atoms with E-state index in [2.05, 4.69) is 41.9 Å². The molecule has 0 spiro atoms. The number of sulfonamides is 1. The quantitative estimate of drug-likeness (QED) is 0.0414. The molecule has 0 radical (unpaired) electrons. The van der Waals surface area contributed by atoms with Crippen LogP contribution in [0.25, 0.3) is 0 Å². The highest BCUT2D eigenvalue weighted by atomic mass is 32.2. The topological polar surface area (TPSA) is 301 Å². The number of anilines is 4. The zero-order valence-corrected chi connectivity index (χ0v) is 35.7. The minimum absolute atomic E-state index is 0.103. The van der Waals surface area contributed by atoms with Gasteiger partial charge in [-0.3, -0.25) is 28.8 Å². The number of carbonyl (C=O) groups is 7. The first-order chi connectivity index (χ1) is 30.7. The van der Waals surface area contributed by atoms with E-state index in [0.29, 0.717) is 23.5 Å². The summed E-state index contributed by atoms with van der Waals surface area (Å²) in [4.78, 5) is 84.6. The smallest absolute Gasteiger partial charge is 0.319 e. The second kappa shape index (κ2) is 25.8. The number of aliphatic carboxylic acids is 1. The maximum Gasteiger partial charge on any atom is 0.319 e. The van der Waals surface area contributed by atoms with E-state index in [9.17, 15) is 47.1 Å². The largest absolute Gasteiger partial charge is 0.481 e. The summed E-state index contributed by atoms with van der Waals surface area (Å²) < 4.78 is 45.1. The van der Waals surface area contributed by atoms with Gasteiger partial charge in [0.1, 0.15) is 6.54 Å². The van der Waals surface area contributed by atoms with Gasteiger partial charge in [0, 0.05) is 54.5 Å². The molecule has 23 heteroatoms. The number of benzene rings is 3. The molecule has 9 amide bonds. The molecule has 1 aliphatic rings. The van der Waals surface area contributed by atoms with Gasteiger partial charge in [-0.25, -0.2) is 22.8 Å². The van der Waals surface area contributed by atoms with Crippen molar-refractivity contribution in [2.45, 2.75) is 30.7 Å². The number of nitrogens with zero attached hydrogens (tertiary/aromatic N) is 1. The van der Waals surface area contributed by atoms with E-state index in [1.165, 1.54) is 54.6 Å². The first-order valence-electron chi connectivity index (χ1n) is 20.0. The summed E-state index contributed by atoms with van der Waals surface area (Å²) >= 11 is 0. The molecule has 1 atom stereocenters. The van der Waals surface area contributed by atoms with Gasteiger partial charge in [0.05, 0.1) is 57.0 Å². The molecule has 1 aliphatic heterocycles. The number of carboxylic acids is 1. The number of amides is 9. The summed E-state index contributed by atoms with van der Waals surface area (Å²) in [6, 6.07) is 14.9. The first kappa shape index (κ1) is 49.6. The molecule has 0 saturated heterocycles. The zero-order valence-electron chi connectivity index (χ0n) is 34.8. The second-order valence-electron chi connectivity index (χ2n) is 13.6. The summed E-state index contributed by atoms with van der Waals surface area (Å²) in [6.07, 6.45) is 2.41. The van der Waals surface area contributed by atoms with Crippen LogP contribution in [0, 0.1) is 0 Å². The number of nitrogens with one attached hydrogen (secondary N) is 8. The van der Waals surface area contributed by atoms with Crippen LogP contribution in [0.3, 0.4) is 0 Å². The molecule has 0 bridgehead atoms. The number of carbonyl (C=O) groups excluding carboxylic acids is 6. The van der Waals surface area contributed by atoms with Gasteiger partial charge in [0.15, 0.2) is 0 Å². The van der Waals surface area contributed by atoms with Crippen molar-refractivity contribution in [2.75, 3.05) is 86.5 Å². The maximum absolute atomic E-state index is 13.2. The lowest BCUT2D eigenvalue weighted by Crippen LogP contribution is -2.41. The molecule has 3 aromatic rings. The summed E-state index contributed by atoms with van der Waals surface area (Å²) in [7, 11) is -4.15. The molecule has 0 aliphatic carbocycles. The van der Waals surface area contributed by atoms with Gasteiger partial charge < -0.3 is 56.5 Å². The minimum atomic E-state index is -4.15. The summed E-state index contributed by atoms with van der Waals surface area (Å²) in [6.45, 7) is 3.93. The molecule has 344 valence electrons. The highest BCUT2D eigenvalue weighted by Crippen LogP contribution is 2.24. The lowest BCUT2D eigenvalue weighted by molar-refractivity contribution is -0.141. The van der Waals surface area contributed by atoms with E-state index < -0.39 is 64.3 Å². The molecule has 0 fully saturated rings. The molecule has 0 unspecified atom stereocenters. The predicted molar refractivity (Wildman–Crippen MR) is 233 cm³/mol. The number of urea groups is 3. The molecule has 0 saturated carbocycles. The number of hydrogen-bond acceptors (Lipinski definition) is 12. The van der Waals surface area contributed by atoms with Crippen molar-refractivity contribution in [3.63, 3.8) is 0 Å². The minimum Gasteiger partial charge on any atom is -0.481 e. The SMILES string of the molecule is CCCNC(=O)Nc1cccc(S(=O)(=O)Nc2cccc([C@@H](CC(=O)O)NC(=O)Nc3ccc(NC(=O)NCCOCCOCCOCCNC(=O)CN4C(=O)C=CC4=O)cc3)c2)c1. The fourth-order valence-corrected chi connectivity index (χ4v) is 6.67. The highest BCUT2D eigenvalue weighted by molar-refractivity contribution is 7.92. The van der Waals surface area contributed by atoms with Gasteiger partial charge in [0.2, 0.25) is 5.91 Å². The average molecular weight is 910 g/mol. The Morgan fingerprint density at radius 3 is 1.78 bits per heavy atom. The third-order valence-corrected chi connectivity index (χ3v) is 9.99. The lowest BCUT2D eigenvalue weighted by atomic mass is 10.0. The van der Waals surface area contributed by atoms with E-state index in [1.807, 2.05) is 6.92 Å². The van der Waals surface area contributed by atoms with Gasteiger partial charge in [-0.1, -0.05) is 25.1 Å². The molecule has 22 nitrogen and oxygen atoms in total. The number of hydrogen-bond donors (Lipinski definition) is 9. The van der Waals surface area contributed by atoms with Crippen molar-refractivity contribution in [2.24, 2.45) is 0 Å². The van der Waals surface area contributed by atoms with Crippen molar-refractivity contribution >= 4 is 74.6 Å². The molecule has 9 N–H and O–H groups in total. The van der Waals surface area contributed by atoms with Crippen molar-refractivity contribution in [3.8, 4) is 0 Å². The van der Waals surface area contributed by atoms with Gasteiger partial charge in [-0.2, -0.15) is 0 Å². The van der Waals surface area contributed by atoms with Gasteiger partial charge in [-0.05, 0) is 66.6 Å². The Kier molecular flexibility index (Phi) is 20.0. The molecule has 0 aromatic heterocycles.